The van der Waals surface area contributed by atoms with Gasteiger partial charge in [0, 0.05) is 5.56 Å². The van der Waals surface area contributed by atoms with E-state index in [1.807, 2.05) is 17.4 Å². The fourth-order valence-corrected chi connectivity index (χ4v) is 4.91. The Balaban J connectivity index is 1.15. The first kappa shape index (κ1) is 18.4. The normalized spacial score (nSPS) is 19.6. The summed E-state index contributed by atoms with van der Waals surface area (Å²) in [4.78, 5) is 12.3. The topological polar surface area (TPSA) is 47.8 Å². The molecule has 0 radical (unpaired) electrons. The highest BCUT2D eigenvalue weighted by Crippen LogP contribution is 2.21. The highest BCUT2D eigenvalue weighted by Gasteiger charge is 2.25. The molecular formula is C22H23FN4OS+2. The minimum atomic E-state index is -0.246. The van der Waals surface area contributed by atoms with Gasteiger partial charge in [-0.1, -0.05) is 12.1 Å². The van der Waals surface area contributed by atoms with Gasteiger partial charge in [-0.25, -0.2) is 14.4 Å². The molecule has 0 bridgehead atoms. The van der Waals surface area contributed by atoms with Crippen molar-refractivity contribution in [2.45, 2.75) is 13.1 Å². The Morgan fingerprint density at radius 2 is 1.66 bits per heavy atom. The maximum atomic E-state index is 13.1. The summed E-state index contributed by atoms with van der Waals surface area (Å²) in [6.07, 6.45) is 1.73. The summed E-state index contributed by atoms with van der Waals surface area (Å²) in [5, 5.41) is 1.22. The van der Waals surface area contributed by atoms with Gasteiger partial charge >= 0.3 is 0 Å². The molecule has 1 fully saturated rings. The van der Waals surface area contributed by atoms with Gasteiger partial charge in [-0.2, -0.15) is 0 Å². The van der Waals surface area contributed by atoms with E-state index in [9.17, 15) is 4.39 Å². The predicted octanol–water partition coefficient (Wildman–Crippen LogP) is 1.57. The molecule has 3 heterocycles. The first-order chi connectivity index (χ1) is 14.2. The van der Waals surface area contributed by atoms with Gasteiger partial charge in [-0.3, -0.25) is 0 Å². The Hall–Kier alpha value is -2.61. The number of nitrogens with zero attached hydrogens (tertiary/aromatic N) is 2. The molecule has 1 aliphatic rings. The van der Waals surface area contributed by atoms with Crippen LogP contribution in [0, 0.1) is 5.82 Å². The van der Waals surface area contributed by atoms with E-state index in [1.165, 1.54) is 26.7 Å². The Labute approximate surface area is 172 Å². The zero-order valence-corrected chi connectivity index (χ0v) is 16.8. The van der Waals surface area contributed by atoms with Crippen molar-refractivity contribution in [1.82, 2.24) is 9.97 Å². The van der Waals surface area contributed by atoms with E-state index in [4.69, 9.17) is 9.40 Å². The van der Waals surface area contributed by atoms with Gasteiger partial charge in [-0.15, -0.1) is 11.3 Å². The van der Waals surface area contributed by atoms with Crippen LogP contribution in [-0.2, 0) is 13.1 Å². The molecule has 2 aromatic heterocycles. The second-order valence-electron chi connectivity index (χ2n) is 7.55. The molecule has 0 unspecified atom stereocenters. The lowest BCUT2D eigenvalue weighted by Crippen LogP contribution is -3.27. The number of nitrogens with one attached hydrogen (secondary N) is 2. The second-order valence-corrected chi connectivity index (χ2v) is 8.67. The summed E-state index contributed by atoms with van der Waals surface area (Å²) < 4.78 is 20.3. The average molecular weight is 411 g/mol. The third-order valence-electron chi connectivity index (χ3n) is 5.49. The molecule has 1 saturated heterocycles. The Kier molecular flexibility index (Phi) is 5.10. The summed E-state index contributed by atoms with van der Waals surface area (Å²) in [5.41, 5.74) is 1.96. The highest BCUT2D eigenvalue weighted by atomic mass is 32.1. The van der Waals surface area contributed by atoms with E-state index in [-0.39, 0.29) is 5.82 Å². The Morgan fingerprint density at radius 1 is 0.931 bits per heavy atom. The number of hydrogen-bond donors (Lipinski definition) is 2. The van der Waals surface area contributed by atoms with E-state index in [1.54, 1.807) is 23.2 Å². The molecule has 0 amide bonds. The number of quaternary nitrogens is 2. The maximum absolute atomic E-state index is 13.1. The van der Waals surface area contributed by atoms with Gasteiger partial charge in [0.1, 0.15) is 43.5 Å². The number of fused-ring (bicyclic) bond motifs is 1. The third-order valence-corrected chi connectivity index (χ3v) is 6.52. The molecule has 148 valence electrons. The van der Waals surface area contributed by atoms with Crippen LogP contribution in [0.15, 0.2) is 59.1 Å². The molecule has 29 heavy (non-hydrogen) atoms. The number of para-hydroxylation sites is 1. The summed E-state index contributed by atoms with van der Waals surface area (Å²) in [7, 11) is 0. The fourth-order valence-electron chi connectivity index (χ4n) is 3.87. The van der Waals surface area contributed by atoms with Crippen molar-refractivity contribution in [3.8, 4) is 11.3 Å². The van der Waals surface area contributed by atoms with Gasteiger partial charge < -0.3 is 14.2 Å². The van der Waals surface area contributed by atoms with Gasteiger partial charge in [0.25, 0.3) is 5.89 Å². The first-order valence-corrected chi connectivity index (χ1v) is 10.8. The van der Waals surface area contributed by atoms with Crippen molar-refractivity contribution in [3.05, 3.63) is 71.4 Å². The lowest BCUT2D eigenvalue weighted by atomic mass is 10.2. The van der Waals surface area contributed by atoms with Crippen molar-refractivity contribution in [2.24, 2.45) is 0 Å². The average Bonchev–Trinajstić information content (AvgIpc) is 3.36. The standard InChI is InChI=1S/C22H21FN4OS/c23-17-7-5-16(6-8-17)19-13-24-21(28-19)14-26-9-11-27(12-10-26)15-22-25-18-3-1-2-4-20(18)29-22/h1-8,13H,9-12,14-15H2/p+2. The zero-order chi connectivity index (χ0) is 19.6. The van der Waals surface area contributed by atoms with Crippen molar-refractivity contribution in [2.75, 3.05) is 26.2 Å². The van der Waals surface area contributed by atoms with Crippen LogP contribution in [0.3, 0.4) is 0 Å². The largest absolute Gasteiger partial charge is 0.435 e. The highest BCUT2D eigenvalue weighted by molar-refractivity contribution is 7.18. The van der Waals surface area contributed by atoms with E-state index in [0.717, 1.165) is 56.2 Å². The number of rotatable bonds is 5. The summed E-state index contributed by atoms with van der Waals surface area (Å²) in [6, 6.07) is 14.7. The SMILES string of the molecule is Fc1ccc(-c2cnc(C[NH+]3CC[NH+](Cc4nc5ccccc5s4)CC3)o2)cc1. The van der Waals surface area contributed by atoms with Crippen molar-refractivity contribution in [3.63, 3.8) is 0 Å². The van der Waals surface area contributed by atoms with E-state index < -0.39 is 0 Å². The van der Waals surface area contributed by atoms with Crippen molar-refractivity contribution < 1.29 is 18.6 Å². The quantitative estimate of drug-likeness (QED) is 0.525. The Morgan fingerprint density at radius 3 is 2.41 bits per heavy atom. The molecule has 7 heteroatoms. The maximum Gasteiger partial charge on any atom is 0.250 e. The minimum absolute atomic E-state index is 0.246. The lowest BCUT2D eigenvalue weighted by molar-refractivity contribution is -1.02. The van der Waals surface area contributed by atoms with Gasteiger partial charge in [-0.05, 0) is 36.4 Å². The third kappa shape index (κ3) is 4.22. The minimum Gasteiger partial charge on any atom is -0.435 e. The Bertz CT molecular complexity index is 1070. The number of aromatic nitrogens is 2. The molecule has 0 aliphatic carbocycles. The van der Waals surface area contributed by atoms with Crippen LogP contribution in [0.4, 0.5) is 4.39 Å². The molecule has 2 N–H and O–H groups in total. The van der Waals surface area contributed by atoms with Crippen molar-refractivity contribution >= 4 is 21.6 Å². The summed E-state index contributed by atoms with van der Waals surface area (Å²) in [6.45, 7) is 6.21. The fraction of sp³-hybridized carbons (Fsp3) is 0.273. The van der Waals surface area contributed by atoms with E-state index in [2.05, 4.69) is 23.2 Å². The van der Waals surface area contributed by atoms with Crippen LogP contribution < -0.4 is 9.80 Å². The first-order valence-electron chi connectivity index (χ1n) is 9.95. The number of oxazole rings is 1. The number of piperazine rings is 1. The molecule has 0 spiro atoms. The van der Waals surface area contributed by atoms with Gasteiger partial charge in [0.05, 0.1) is 16.4 Å². The smallest absolute Gasteiger partial charge is 0.250 e. The number of benzene rings is 2. The van der Waals surface area contributed by atoms with Crippen LogP contribution in [0.1, 0.15) is 10.9 Å². The van der Waals surface area contributed by atoms with Gasteiger partial charge in [0.2, 0.25) is 0 Å². The van der Waals surface area contributed by atoms with Crippen LogP contribution in [0.2, 0.25) is 0 Å². The van der Waals surface area contributed by atoms with Crippen molar-refractivity contribution in [1.29, 1.82) is 0 Å². The molecule has 0 saturated carbocycles. The molecule has 2 aromatic carbocycles. The van der Waals surface area contributed by atoms with Crippen LogP contribution in [-0.4, -0.2) is 36.1 Å². The van der Waals surface area contributed by atoms with E-state index in [0.29, 0.717) is 5.76 Å². The molecule has 5 nitrogen and oxygen atoms in total. The zero-order valence-electron chi connectivity index (χ0n) is 16.0. The molecule has 4 aromatic rings. The summed E-state index contributed by atoms with van der Waals surface area (Å²) in [5.74, 6) is 1.19. The van der Waals surface area contributed by atoms with Crippen LogP contribution in [0.5, 0.6) is 0 Å². The second kappa shape index (κ2) is 8.02. The number of thiazole rings is 1. The monoisotopic (exact) mass is 410 g/mol. The number of halogens is 1. The predicted molar refractivity (Wildman–Crippen MR) is 110 cm³/mol. The van der Waals surface area contributed by atoms with Crippen LogP contribution >= 0.6 is 11.3 Å². The molecule has 1 aliphatic heterocycles. The summed E-state index contributed by atoms with van der Waals surface area (Å²) >= 11 is 1.81. The molecule has 0 atom stereocenters. The van der Waals surface area contributed by atoms with Crippen LogP contribution in [0.25, 0.3) is 21.5 Å². The molecule has 5 rings (SSSR count). The lowest BCUT2D eigenvalue weighted by Gasteiger charge is -2.28. The molecular weight excluding hydrogens is 387 g/mol. The number of hydrogen-bond acceptors (Lipinski definition) is 4. The van der Waals surface area contributed by atoms with E-state index >= 15 is 0 Å². The van der Waals surface area contributed by atoms with Gasteiger partial charge in [0.15, 0.2) is 12.3 Å².